The van der Waals surface area contributed by atoms with Crippen LogP contribution in [0, 0.1) is 0 Å². The maximum absolute atomic E-state index is 12.4. The molecule has 8 nitrogen and oxygen atoms in total. The van der Waals surface area contributed by atoms with E-state index < -0.39 is 17.9 Å². The van der Waals surface area contributed by atoms with Gasteiger partial charge in [-0.05, 0) is 18.2 Å². The average molecular weight is 292 g/mol. The molecule has 0 saturated carbocycles. The summed E-state index contributed by atoms with van der Waals surface area (Å²) in [4.78, 5) is 36.1. The fraction of sp³-hybridized carbons (Fsp3) is 0.308. The standard InChI is InChI=1S/C13H12N2O6/c16-11-5-15(8(4-14-11)13(18)19)12(17)7-1-2-9-10(3-7)21-6-20-9/h1-3,8H,4-6H2,(H,14,16)(H,18,19). The zero-order valence-electron chi connectivity index (χ0n) is 10.9. The van der Waals surface area contributed by atoms with Gasteiger partial charge in [0.25, 0.3) is 5.91 Å². The molecule has 2 aliphatic heterocycles. The molecule has 1 unspecified atom stereocenters. The Bertz CT molecular complexity index is 629. The van der Waals surface area contributed by atoms with Crippen molar-refractivity contribution in [3.05, 3.63) is 23.8 Å². The van der Waals surface area contributed by atoms with Crippen LogP contribution in [0.25, 0.3) is 0 Å². The molecule has 110 valence electrons. The summed E-state index contributed by atoms with van der Waals surface area (Å²) < 4.78 is 10.3. The Morgan fingerprint density at radius 1 is 1.29 bits per heavy atom. The Labute approximate surface area is 119 Å². The maximum atomic E-state index is 12.4. The van der Waals surface area contributed by atoms with Crippen molar-refractivity contribution in [1.82, 2.24) is 10.2 Å². The van der Waals surface area contributed by atoms with Crippen LogP contribution in [-0.2, 0) is 9.59 Å². The summed E-state index contributed by atoms with van der Waals surface area (Å²) in [5.41, 5.74) is 0.250. The second kappa shape index (κ2) is 4.97. The minimum atomic E-state index is -1.16. The van der Waals surface area contributed by atoms with Crippen molar-refractivity contribution in [2.45, 2.75) is 6.04 Å². The molecule has 1 fully saturated rings. The smallest absolute Gasteiger partial charge is 0.328 e. The SMILES string of the molecule is O=C1CN(C(=O)c2ccc3c(c2)OCO3)C(C(=O)O)CN1. The average Bonchev–Trinajstić information content (AvgIpc) is 2.93. The maximum Gasteiger partial charge on any atom is 0.328 e. The van der Waals surface area contributed by atoms with Crippen molar-refractivity contribution in [2.24, 2.45) is 0 Å². The molecule has 8 heteroatoms. The first-order valence-corrected chi connectivity index (χ1v) is 6.26. The van der Waals surface area contributed by atoms with Crippen LogP contribution < -0.4 is 14.8 Å². The number of fused-ring (bicyclic) bond motifs is 1. The van der Waals surface area contributed by atoms with Crippen LogP contribution in [0.2, 0.25) is 0 Å². The Kier molecular flexibility index (Phi) is 3.13. The van der Waals surface area contributed by atoms with Gasteiger partial charge < -0.3 is 24.8 Å². The number of aliphatic carboxylic acids is 1. The number of hydrogen-bond acceptors (Lipinski definition) is 5. The summed E-state index contributed by atoms with van der Waals surface area (Å²) in [6.45, 7) is -0.314. The van der Waals surface area contributed by atoms with Crippen LogP contribution in [0.15, 0.2) is 18.2 Å². The second-order valence-electron chi connectivity index (χ2n) is 4.66. The number of nitrogens with one attached hydrogen (secondary N) is 1. The van der Waals surface area contributed by atoms with Gasteiger partial charge in [-0.25, -0.2) is 4.79 Å². The summed E-state index contributed by atoms with van der Waals surface area (Å²) in [6.07, 6.45) is 0. The number of piperazine rings is 1. The summed E-state index contributed by atoms with van der Waals surface area (Å²) >= 11 is 0. The number of ether oxygens (including phenoxy) is 2. The van der Waals surface area contributed by atoms with E-state index in [4.69, 9.17) is 14.6 Å². The number of hydrogen-bond donors (Lipinski definition) is 2. The zero-order valence-corrected chi connectivity index (χ0v) is 10.9. The Hall–Kier alpha value is -2.77. The molecule has 0 spiro atoms. The first kappa shape index (κ1) is 13.2. The third-order valence-electron chi connectivity index (χ3n) is 3.35. The molecule has 3 rings (SSSR count). The molecule has 2 N–H and O–H groups in total. The molecule has 1 atom stereocenters. The first-order chi connectivity index (χ1) is 10.1. The van der Waals surface area contributed by atoms with Crippen LogP contribution in [0.1, 0.15) is 10.4 Å². The van der Waals surface area contributed by atoms with E-state index in [1.807, 2.05) is 0 Å². The predicted molar refractivity (Wildman–Crippen MR) is 68.0 cm³/mol. The van der Waals surface area contributed by atoms with E-state index in [0.29, 0.717) is 11.5 Å². The Balaban J connectivity index is 1.88. The third-order valence-corrected chi connectivity index (χ3v) is 3.35. The summed E-state index contributed by atoms with van der Waals surface area (Å²) in [5.74, 6) is -1.13. The highest BCUT2D eigenvalue weighted by Gasteiger charge is 2.36. The first-order valence-electron chi connectivity index (χ1n) is 6.26. The predicted octanol–water partition coefficient (Wildman–Crippen LogP) is -0.559. The van der Waals surface area contributed by atoms with Gasteiger partial charge in [-0.2, -0.15) is 0 Å². The highest BCUT2D eigenvalue weighted by atomic mass is 16.7. The normalized spacial score (nSPS) is 20.1. The molecule has 0 radical (unpaired) electrons. The largest absolute Gasteiger partial charge is 0.480 e. The van der Waals surface area contributed by atoms with Crippen LogP contribution >= 0.6 is 0 Å². The van der Waals surface area contributed by atoms with Gasteiger partial charge in [0.15, 0.2) is 11.5 Å². The van der Waals surface area contributed by atoms with Gasteiger partial charge in [0, 0.05) is 12.1 Å². The number of carboxylic acid groups (broad SMARTS) is 1. The van der Waals surface area contributed by atoms with Crippen molar-refractivity contribution in [1.29, 1.82) is 0 Å². The molecule has 0 aromatic heterocycles. The van der Waals surface area contributed by atoms with Gasteiger partial charge in [-0.15, -0.1) is 0 Å². The number of carbonyl (C=O) groups excluding carboxylic acids is 2. The summed E-state index contributed by atoms with van der Waals surface area (Å²) in [5, 5.41) is 11.6. The third kappa shape index (κ3) is 2.35. The highest BCUT2D eigenvalue weighted by Crippen LogP contribution is 2.33. The van der Waals surface area contributed by atoms with E-state index in [9.17, 15) is 14.4 Å². The lowest BCUT2D eigenvalue weighted by atomic mass is 10.1. The van der Waals surface area contributed by atoms with Crippen molar-refractivity contribution in [3.63, 3.8) is 0 Å². The molecule has 2 heterocycles. The van der Waals surface area contributed by atoms with Crippen LogP contribution in [0.4, 0.5) is 0 Å². The molecular formula is C13H12N2O6. The molecular weight excluding hydrogens is 280 g/mol. The number of nitrogens with zero attached hydrogens (tertiary/aromatic N) is 1. The van der Waals surface area contributed by atoms with Crippen molar-refractivity contribution in [2.75, 3.05) is 19.9 Å². The van der Waals surface area contributed by atoms with Crippen molar-refractivity contribution >= 4 is 17.8 Å². The highest BCUT2D eigenvalue weighted by molar-refractivity contribution is 6.00. The zero-order chi connectivity index (χ0) is 15.0. The lowest BCUT2D eigenvalue weighted by molar-refractivity contribution is -0.144. The Morgan fingerprint density at radius 2 is 2.05 bits per heavy atom. The lowest BCUT2D eigenvalue weighted by Crippen LogP contribution is -2.59. The Morgan fingerprint density at radius 3 is 2.81 bits per heavy atom. The molecule has 1 saturated heterocycles. The fourth-order valence-electron chi connectivity index (χ4n) is 2.27. The quantitative estimate of drug-likeness (QED) is 0.757. The van der Waals surface area contributed by atoms with Gasteiger partial charge in [-0.3, -0.25) is 9.59 Å². The molecule has 0 aliphatic carbocycles. The van der Waals surface area contributed by atoms with Crippen molar-refractivity contribution in [3.8, 4) is 11.5 Å². The molecule has 21 heavy (non-hydrogen) atoms. The molecule has 2 amide bonds. The van der Waals surface area contributed by atoms with Gasteiger partial charge in [-0.1, -0.05) is 0 Å². The number of amides is 2. The molecule has 1 aromatic rings. The van der Waals surface area contributed by atoms with E-state index >= 15 is 0 Å². The minimum absolute atomic E-state index is 0.0802. The van der Waals surface area contributed by atoms with Crippen LogP contribution in [-0.4, -0.2) is 53.7 Å². The monoisotopic (exact) mass is 292 g/mol. The number of carboxylic acids is 1. The van der Waals surface area contributed by atoms with E-state index in [2.05, 4.69) is 5.32 Å². The summed E-state index contributed by atoms with van der Waals surface area (Å²) in [7, 11) is 0. The van der Waals surface area contributed by atoms with E-state index in [0.717, 1.165) is 4.90 Å². The van der Waals surface area contributed by atoms with Crippen LogP contribution in [0.3, 0.4) is 0 Å². The van der Waals surface area contributed by atoms with Crippen molar-refractivity contribution < 1.29 is 29.0 Å². The fourth-order valence-corrected chi connectivity index (χ4v) is 2.27. The second-order valence-corrected chi connectivity index (χ2v) is 4.66. The van der Waals surface area contributed by atoms with E-state index in [-0.39, 0.29) is 31.4 Å². The van der Waals surface area contributed by atoms with Gasteiger partial charge in [0.05, 0.1) is 0 Å². The van der Waals surface area contributed by atoms with Gasteiger partial charge >= 0.3 is 5.97 Å². The minimum Gasteiger partial charge on any atom is -0.480 e. The number of benzene rings is 1. The lowest BCUT2D eigenvalue weighted by Gasteiger charge is -2.32. The van der Waals surface area contributed by atoms with Gasteiger partial charge in [0.1, 0.15) is 12.6 Å². The molecule has 2 aliphatic rings. The number of carbonyl (C=O) groups is 3. The van der Waals surface area contributed by atoms with E-state index in [1.54, 1.807) is 6.07 Å². The molecule has 0 bridgehead atoms. The summed E-state index contributed by atoms with van der Waals surface area (Å²) in [6, 6.07) is 3.49. The topological polar surface area (TPSA) is 105 Å². The van der Waals surface area contributed by atoms with E-state index in [1.165, 1.54) is 12.1 Å². The molecule has 1 aromatic carbocycles. The number of rotatable bonds is 2. The van der Waals surface area contributed by atoms with Crippen LogP contribution in [0.5, 0.6) is 11.5 Å². The van der Waals surface area contributed by atoms with Gasteiger partial charge in [0.2, 0.25) is 12.7 Å².